The number of aromatic nitrogens is 6. The Morgan fingerprint density at radius 1 is 0.667 bits per heavy atom. The molecule has 0 atom stereocenters. The average molecular weight is 200 g/mol. The number of hydrogen-bond acceptors (Lipinski definition) is 6. The minimum Gasteiger partial charge on any atom is -0.150 e. The zero-order valence-electron chi connectivity index (χ0n) is 5.81. The van der Waals surface area contributed by atoms with Gasteiger partial charge in [0.1, 0.15) is 0 Å². The largest absolute Gasteiger partial charge is 0.150 e. The summed E-state index contributed by atoms with van der Waals surface area (Å²) in [6.07, 6.45) is 6.46. The van der Waals surface area contributed by atoms with Crippen molar-refractivity contribution in [2.75, 3.05) is 0 Å². The molecule has 2 aromatic heterocycles. The molecule has 0 radical (unpaired) electrons. The van der Waals surface area contributed by atoms with E-state index in [1.807, 2.05) is 0 Å². The van der Waals surface area contributed by atoms with Gasteiger partial charge < -0.3 is 0 Å². The minimum atomic E-state index is 1.33. The van der Waals surface area contributed by atoms with Gasteiger partial charge in [-0.1, -0.05) is 0 Å². The van der Waals surface area contributed by atoms with Gasteiger partial charge in [-0.05, 0) is 0 Å². The monoisotopic (exact) mass is 200 g/mol. The molecule has 0 saturated heterocycles. The van der Waals surface area contributed by atoms with Gasteiger partial charge in [-0.15, -0.1) is 28.8 Å². The summed E-state index contributed by atoms with van der Waals surface area (Å²) in [5.41, 5.74) is 0. The van der Waals surface area contributed by atoms with Crippen LogP contribution in [-0.4, -0.2) is 28.8 Å². The summed E-state index contributed by atoms with van der Waals surface area (Å²) >= 11 is 0. The zero-order valence-corrected chi connectivity index (χ0v) is 7.44. The third kappa shape index (κ3) is 1.77. The van der Waals surface area contributed by atoms with Crippen molar-refractivity contribution >= 4 is 22.0 Å². The Bertz CT molecular complexity index is 281. The van der Waals surface area contributed by atoms with Crippen LogP contribution >= 0.6 is 22.0 Å². The molecule has 0 fully saturated rings. The zero-order chi connectivity index (χ0) is 8.23. The third-order valence-electron chi connectivity index (χ3n) is 0.962. The average Bonchev–Trinajstić information content (AvgIpc) is 2.74. The van der Waals surface area contributed by atoms with E-state index < -0.39 is 0 Å². The van der Waals surface area contributed by atoms with Crippen molar-refractivity contribution in [1.29, 1.82) is 0 Å². The molecular formula is C4H4N6S2. The van der Waals surface area contributed by atoms with E-state index in [1.54, 1.807) is 24.8 Å². The maximum Gasteiger partial charge on any atom is 0.0931 e. The molecule has 0 aliphatic rings. The topological polar surface area (TPSA) is 61.4 Å². The van der Waals surface area contributed by atoms with Crippen LogP contribution < -0.4 is 0 Å². The lowest BCUT2D eigenvalue weighted by atomic mass is 11.0. The van der Waals surface area contributed by atoms with Crippen LogP contribution in [0.4, 0.5) is 0 Å². The van der Waals surface area contributed by atoms with Crippen molar-refractivity contribution in [2.45, 2.75) is 0 Å². The van der Waals surface area contributed by atoms with E-state index in [0.29, 0.717) is 0 Å². The van der Waals surface area contributed by atoms with Crippen molar-refractivity contribution in [3.63, 3.8) is 0 Å². The van der Waals surface area contributed by atoms with E-state index in [1.165, 1.54) is 30.4 Å². The molecule has 0 unspecified atom stereocenters. The summed E-state index contributed by atoms with van der Waals surface area (Å²) in [5, 5.41) is 15.6. The quantitative estimate of drug-likeness (QED) is 0.671. The second-order valence-corrected chi connectivity index (χ2v) is 3.56. The van der Waals surface area contributed by atoms with Crippen LogP contribution in [0.15, 0.2) is 24.8 Å². The van der Waals surface area contributed by atoms with Crippen LogP contribution in [0.25, 0.3) is 0 Å². The highest BCUT2D eigenvalue weighted by Crippen LogP contribution is 2.20. The fourth-order valence-corrected chi connectivity index (χ4v) is 1.85. The van der Waals surface area contributed by atoms with Gasteiger partial charge in [0.05, 0.1) is 46.7 Å². The lowest BCUT2D eigenvalue weighted by Crippen LogP contribution is -1.93. The van der Waals surface area contributed by atoms with E-state index in [4.69, 9.17) is 0 Å². The lowest BCUT2D eigenvalue weighted by molar-refractivity contribution is 0.860. The second-order valence-electron chi connectivity index (χ2n) is 1.71. The molecule has 0 aromatic carbocycles. The third-order valence-corrected chi connectivity index (χ3v) is 2.67. The van der Waals surface area contributed by atoms with Crippen LogP contribution in [0, 0.1) is 0 Å². The fourth-order valence-electron chi connectivity index (χ4n) is 0.544. The Kier molecular flexibility index (Phi) is 2.28. The van der Waals surface area contributed by atoms with E-state index in [0.717, 1.165) is 0 Å². The normalized spacial score (nSPS) is 10.3. The van der Waals surface area contributed by atoms with Crippen molar-refractivity contribution in [1.82, 2.24) is 28.8 Å². The van der Waals surface area contributed by atoms with E-state index in [-0.39, 0.29) is 0 Å². The Morgan fingerprint density at radius 2 is 1.00 bits per heavy atom. The molecule has 12 heavy (non-hydrogen) atoms. The Hall–Kier alpha value is -1.02. The van der Waals surface area contributed by atoms with E-state index in [2.05, 4.69) is 20.4 Å². The first kappa shape index (κ1) is 7.62. The molecule has 0 spiro atoms. The van der Waals surface area contributed by atoms with Gasteiger partial charge in [0.2, 0.25) is 0 Å². The van der Waals surface area contributed by atoms with Gasteiger partial charge in [0, 0.05) is 0 Å². The SMILES string of the molecule is c1cnn(SSn2nccn2)n1. The molecule has 0 N–H and O–H groups in total. The molecule has 0 aliphatic carbocycles. The highest BCUT2D eigenvalue weighted by atomic mass is 33.1. The van der Waals surface area contributed by atoms with Crippen molar-refractivity contribution in [3.8, 4) is 0 Å². The second kappa shape index (κ2) is 3.59. The summed E-state index contributed by atoms with van der Waals surface area (Å²) in [6.45, 7) is 0. The van der Waals surface area contributed by atoms with Crippen molar-refractivity contribution in [3.05, 3.63) is 24.8 Å². The molecule has 0 amide bonds. The maximum atomic E-state index is 3.89. The van der Waals surface area contributed by atoms with Crippen LogP contribution in [0.3, 0.4) is 0 Å². The highest BCUT2D eigenvalue weighted by molar-refractivity contribution is 8.75. The van der Waals surface area contributed by atoms with Crippen molar-refractivity contribution in [2.24, 2.45) is 0 Å². The van der Waals surface area contributed by atoms with Gasteiger partial charge in [0.15, 0.2) is 0 Å². The highest BCUT2D eigenvalue weighted by Gasteiger charge is 1.96. The summed E-state index contributed by atoms with van der Waals surface area (Å²) < 4.78 is 2.96. The molecule has 2 aromatic rings. The van der Waals surface area contributed by atoms with Crippen molar-refractivity contribution < 1.29 is 0 Å². The van der Waals surface area contributed by atoms with Crippen LogP contribution in [0.1, 0.15) is 0 Å². The molecule has 2 heterocycles. The molecule has 62 valence electrons. The first-order valence-electron chi connectivity index (χ1n) is 3.03. The maximum absolute atomic E-state index is 3.89. The van der Waals surface area contributed by atoms with Gasteiger partial charge in [0.25, 0.3) is 0 Å². The molecule has 2 rings (SSSR count). The Labute approximate surface area is 76.0 Å². The lowest BCUT2D eigenvalue weighted by Gasteiger charge is -1.94. The smallest absolute Gasteiger partial charge is 0.0931 e. The number of rotatable bonds is 3. The molecular weight excluding hydrogens is 196 g/mol. The number of nitrogens with zero attached hydrogens (tertiary/aromatic N) is 6. The molecule has 8 heteroatoms. The minimum absolute atomic E-state index is 1.33. The summed E-state index contributed by atoms with van der Waals surface area (Å²) in [7, 11) is 2.67. The first-order valence-corrected chi connectivity index (χ1v) is 5.09. The summed E-state index contributed by atoms with van der Waals surface area (Å²) in [4.78, 5) is 0. The first-order chi connectivity index (χ1) is 5.95. The van der Waals surface area contributed by atoms with Gasteiger partial charge in [-0.3, -0.25) is 0 Å². The van der Waals surface area contributed by atoms with Gasteiger partial charge in [-0.2, -0.15) is 0 Å². The molecule has 0 bridgehead atoms. The Morgan fingerprint density at radius 3 is 1.33 bits per heavy atom. The van der Waals surface area contributed by atoms with Gasteiger partial charge >= 0.3 is 0 Å². The van der Waals surface area contributed by atoms with Crippen LogP contribution in [0.5, 0.6) is 0 Å². The fraction of sp³-hybridized carbons (Fsp3) is 0. The molecule has 6 nitrogen and oxygen atoms in total. The molecule has 0 aliphatic heterocycles. The van der Waals surface area contributed by atoms with Crippen LogP contribution in [-0.2, 0) is 0 Å². The summed E-state index contributed by atoms with van der Waals surface area (Å²) in [6, 6.07) is 0. The summed E-state index contributed by atoms with van der Waals surface area (Å²) in [5.74, 6) is 0. The van der Waals surface area contributed by atoms with Crippen LogP contribution in [0.2, 0.25) is 0 Å². The van der Waals surface area contributed by atoms with Gasteiger partial charge in [-0.25, -0.2) is 0 Å². The molecule has 0 saturated carbocycles. The predicted octanol–water partition coefficient (Wildman–Crippen LogP) is 0.477. The predicted molar refractivity (Wildman–Crippen MR) is 46.0 cm³/mol. The standard InChI is InChI=1S/C4H4N6S2/c1-2-6-9(5-1)11-12-10-7-3-4-8-10/h1-4H. The van der Waals surface area contributed by atoms with E-state index >= 15 is 0 Å². The van der Waals surface area contributed by atoms with E-state index in [9.17, 15) is 0 Å². The Balaban J connectivity index is 1.91. The number of hydrogen-bond donors (Lipinski definition) is 0.